The molecule has 0 saturated heterocycles. The first-order valence-corrected chi connectivity index (χ1v) is 12.9. The summed E-state index contributed by atoms with van der Waals surface area (Å²) in [7, 11) is 0. The number of benzene rings is 4. The van der Waals surface area contributed by atoms with Crippen LogP contribution in [0.5, 0.6) is 0 Å². The molecule has 0 fully saturated rings. The van der Waals surface area contributed by atoms with Gasteiger partial charge in [-0.2, -0.15) is 0 Å². The van der Waals surface area contributed by atoms with Crippen molar-refractivity contribution in [2.45, 2.75) is 39.3 Å². The molecule has 4 aromatic carbocycles. The molecule has 0 radical (unpaired) electrons. The zero-order chi connectivity index (χ0) is 23.9. The molecule has 2 atom stereocenters. The monoisotopic (exact) mass is 578 g/mol. The van der Waals surface area contributed by atoms with E-state index in [0.717, 1.165) is 31.2 Å². The lowest BCUT2D eigenvalue weighted by Gasteiger charge is -2.29. The van der Waals surface area contributed by atoms with Gasteiger partial charge in [0.05, 0.1) is 13.2 Å². The predicted octanol–water partition coefficient (Wildman–Crippen LogP) is 9.04. The van der Waals surface area contributed by atoms with Gasteiger partial charge in [-0.3, -0.25) is 0 Å². The fourth-order valence-corrected chi connectivity index (χ4v) is 4.76. The van der Waals surface area contributed by atoms with Gasteiger partial charge < -0.3 is 9.47 Å². The number of rotatable bonds is 9. The lowest BCUT2D eigenvalue weighted by Crippen LogP contribution is -2.18. The summed E-state index contributed by atoms with van der Waals surface area (Å²) in [5, 5.41) is 0. The molecule has 174 valence electrons. The van der Waals surface area contributed by atoms with Gasteiger partial charge in [0, 0.05) is 8.95 Å². The zero-order valence-electron chi connectivity index (χ0n) is 19.4. The van der Waals surface area contributed by atoms with Crippen LogP contribution in [0.25, 0.3) is 0 Å². The molecule has 0 aliphatic heterocycles. The zero-order valence-corrected chi connectivity index (χ0v) is 22.6. The first kappa shape index (κ1) is 24.9. The molecule has 0 aliphatic rings. The fourth-order valence-electron chi connectivity index (χ4n) is 4.00. The highest BCUT2D eigenvalue weighted by Gasteiger charge is 2.27. The molecule has 0 heterocycles. The van der Waals surface area contributed by atoms with E-state index in [0.29, 0.717) is 13.2 Å². The second-order valence-electron chi connectivity index (χ2n) is 8.38. The quantitative estimate of drug-likeness (QED) is 0.197. The van der Waals surface area contributed by atoms with Crippen LogP contribution in [0.15, 0.2) is 106 Å². The Kier molecular flexibility index (Phi) is 8.74. The van der Waals surface area contributed by atoms with E-state index >= 15 is 0 Å². The number of hydrogen-bond donors (Lipinski definition) is 0. The van der Waals surface area contributed by atoms with Gasteiger partial charge in [-0.05, 0) is 47.2 Å². The average Bonchev–Trinajstić information content (AvgIpc) is 2.87. The Bertz CT molecular complexity index is 1110. The summed E-state index contributed by atoms with van der Waals surface area (Å²) < 4.78 is 15.5. The summed E-state index contributed by atoms with van der Waals surface area (Å²) in [6, 6.07) is 33.2. The van der Waals surface area contributed by atoms with Gasteiger partial charge in [-0.1, -0.05) is 129 Å². The SMILES string of the molecule is Cc1cccc(CO[C@@H](c2ccccc2)[C@@H](OCc2cccc(C)c2Br)c2ccccc2)c1Br. The van der Waals surface area contributed by atoms with E-state index in [1.165, 1.54) is 11.1 Å². The third-order valence-electron chi connectivity index (χ3n) is 5.91. The molecule has 0 unspecified atom stereocenters. The van der Waals surface area contributed by atoms with Gasteiger partial charge in [0.2, 0.25) is 0 Å². The standard InChI is InChI=1S/C30H28Br2O2/c1-21-11-9-17-25(27(21)31)19-33-29(23-13-5-3-6-14-23)30(24-15-7-4-8-16-24)34-20-26-18-10-12-22(2)28(26)32/h3-18,29-30H,19-20H2,1-2H3/t29-,30-/m0/s1. The number of aryl methyl sites for hydroxylation is 2. The lowest BCUT2D eigenvalue weighted by atomic mass is 9.97. The van der Waals surface area contributed by atoms with Crippen molar-refractivity contribution in [2.24, 2.45) is 0 Å². The Morgan fingerprint density at radius 2 is 0.912 bits per heavy atom. The summed E-state index contributed by atoms with van der Waals surface area (Å²) in [4.78, 5) is 0. The Labute approximate surface area is 219 Å². The molecule has 0 aliphatic carbocycles. The minimum absolute atomic E-state index is 0.278. The van der Waals surface area contributed by atoms with Crippen LogP contribution in [0.3, 0.4) is 0 Å². The van der Waals surface area contributed by atoms with Crippen molar-refractivity contribution in [3.8, 4) is 0 Å². The number of ether oxygens (including phenoxy) is 2. The van der Waals surface area contributed by atoms with Crippen molar-refractivity contribution in [3.63, 3.8) is 0 Å². The maximum Gasteiger partial charge on any atom is 0.113 e. The van der Waals surface area contributed by atoms with Crippen LogP contribution in [-0.4, -0.2) is 0 Å². The molecule has 0 spiro atoms. The molecule has 0 N–H and O–H groups in total. The van der Waals surface area contributed by atoms with Crippen LogP contribution in [0.1, 0.15) is 45.6 Å². The largest absolute Gasteiger partial charge is 0.366 e. The average molecular weight is 580 g/mol. The van der Waals surface area contributed by atoms with Crippen molar-refractivity contribution in [3.05, 3.63) is 139 Å². The summed E-state index contributed by atoms with van der Waals surface area (Å²) >= 11 is 7.46. The third kappa shape index (κ3) is 6.05. The molecular weight excluding hydrogens is 552 g/mol. The van der Waals surface area contributed by atoms with E-state index in [4.69, 9.17) is 9.47 Å². The molecule has 0 amide bonds. The molecule has 0 saturated carbocycles. The maximum absolute atomic E-state index is 6.64. The van der Waals surface area contributed by atoms with E-state index in [9.17, 15) is 0 Å². The van der Waals surface area contributed by atoms with Gasteiger partial charge in [-0.25, -0.2) is 0 Å². The van der Waals surface area contributed by atoms with E-state index in [2.05, 4.69) is 106 Å². The van der Waals surface area contributed by atoms with Crippen molar-refractivity contribution in [1.82, 2.24) is 0 Å². The van der Waals surface area contributed by atoms with E-state index in [1.807, 2.05) is 36.4 Å². The van der Waals surface area contributed by atoms with Crippen molar-refractivity contribution < 1.29 is 9.47 Å². The van der Waals surface area contributed by atoms with Crippen molar-refractivity contribution >= 4 is 31.9 Å². The van der Waals surface area contributed by atoms with Crippen LogP contribution < -0.4 is 0 Å². The molecular formula is C30H28Br2O2. The van der Waals surface area contributed by atoms with Crippen LogP contribution in [-0.2, 0) is 22.7 Å². The first-order chi connectivity index (χ1) is 16.5. The Hall–Kier alpha value is -2.24. The second-order valence-corrected chi connectivity index (χ2v) is 9.97. The summed E-state index contributed by atoms with van der Waals surface area (Å²) in [5.74, 6) is 0. The van der Waals surface area contributed by atoms with Gasteiger partial charge in [0.15, 0.2) is 0 Å². The Morgan fingerprint density at radius 3 is 1.29 bits per heavy atom. The van der Waals surface area contributed by atoms with E-state index < -0.39 is 0 Å². The smallest absolute Gasteiger partial charge is 0.113 e. The molecule has 0 aromatic heterocycles. The van der Waals surface area contributed by atoms with Crippen molar-refractivity contribution in [1.29, 1.82) is 0 Å². The Balaban J connectivity index is 1.67. The third-order valence-corrected chi connectivity index (χ3v) is 8.18. The highest BCUT2D eigenvalue weighted by atomic mass is 79.9. The summed E-state index contributed by atoms with van der Waals surface area (Å²) in [6.07, 6.45) is -0.556. The van der Waals surface area contributed by atoms with Gasteiger partial charge in [-0.15, -0.1) is 0 Å². The number of halogens is 2. The normalized spacial score (nSPS) is 12.9. The first-order valence-electron chi connectivity index (χ1n) is 11.4. The van der Waals surface area contributed by atoms with Crippen LogP contribution in [0, 0.1) is 13.8 Å². The highest BCUT2D eigenvalue weighted by Crippen LogP contribution is 2.38. The van der Waals surface area contributed by atoms with Gasteiger partial charge in [0.1, 0.15) is 12.2 Å². The molecule has 4 heteroatoms. The van der Waals surface area contributed by atoms with Gasteiger partial charge >= 0.3 is 0 Å². The van der Waals surface area contributed by atoms with Crippen LogP contribution >= 0.6 is 31.9 Å². The van der Waals surface area contributed by atoms with Crippen molar-refractivity contribution in [2.75, 3.05) is 0 Å². The summed E-state index contributed by atoms with van der Waals surface area (Å²) in [6.45, 7) is 5.14. The topological polar surface area (TPSA) is 18.5 Å². The minimum atomic E-state index is -0.278. The molecule has 0 bridgehead atoms. The van der Waals surface area contributed by atoms with Crippen LogP contribution in [0.2, 0.25) is 0 Å². The predicted molar refractivity (Wildman–Crippen MR) is 146 cm³/mol. The van der Waals surface area contributed by atoms with E-state index in [1.54, 1.807) is 0 Å². The van der Waals surface area contributed by atoms with Gasteiger partial charge in [0.25, 0.3) is 0 Å². The maximum atomic E-state index is 6.64. The lowest BCUT2D eigenvalue weighted by molar-refractivity contribution is -0.0910. The fraction of sp³-hybridized carbons (Fsp3) is 0.200. The molecule has 4 rings (SSSR count). The highest BCUT2D eigenvalue weighted by molar-refractivity contribution is 9.10. The number of hydrogen-bond acceptors (Lipinski definition) is 2. The molecule has 34 heavy (non-hydrogen) atoms. The van der Waals surface area contributed by atoms with E-state index in [-0.39, 0.29) is 12.2 Å². The second kappa shape index (κ2) is 11.9. The minimum Gasteiger partial charge on any atom is -0.366 e. The molecule has 2 nitrogen and oxygen atoms in total. The Morgan fingerprint density at radius 1 is 0.529 bits per heavy atom. The van der Waals surface area contributed by atoms with Crippen LogP contribution in [0.4, 0.5) is 0 Å². The molecule has 4 aromatic rings. The summed E-state index contributed by atoms with van der Waals surface area (Å²) in [5.41, 5.74) is 6.80.